The molecule has 9 heteroatoms. The van der Waals surface area contributed by atoms with Crippen LogP contribution in [0.1, 0.15) is 6.42 Å². The van der Waals surface area contributed by atoms with Crippen molar-refractivity contribution >= 4 is 27.5 Å². The van der Waals surface area contributed by atoms with Gasteiger partial charge in [0.15, 0.2) is 0 Å². The summed E-state index contributed by atoms with van der Waals surface area (Å²) in [5, 5.41) is -1.23. The van der Waals surface area contributed by atoms with Crippen molar-refractivity contribution < 1.29 is 30.7 Å². The molecule has 0 aromatic rings. The molecule has 1 atom stereocenters. The highest BCUT2D eigenvalue weighted by Gasteiger charge is 2.74. The van der Waals surface area contributed by atoms with Crippen LogP contribution in [0, 0.1) is 0 Å². The van der Waals surface area contributed by atoms with Crippen molar-refractivity contribution in [2.75, 3.05) is 0 Å². The first-order valence-electron chi connectivity index (χ1n) is 4.43. The predicted octanol–water partition coefficient (Wildman–Crippen LogP) is 5.04. The van der Waals surface area contributed by atoms with Crippen molar-refractivity contribution in [1.29, 1.82) is 0 Å². The van der Waals surface area contributed by atoms with E-state index in [-0.39, 0.29) is 4.48 Å². The highest BCUT2D eigenvalue weighted by Crippen LogP contribution is 2.53. The van der Waals surface area contributed by atoms with E-state index in [9.17, 15) is 30.7 Å². The number of hydrogen-bond acceptors (Lipinski definition) is 0. The molecular weight excluding hydrogens is 356 g/mol. The van der Waals surface area contributed by atoms with Crippen LogP contribution in [0.15, 0.2) is 22.2 Å². The standard InChI is InChI=1S/C9H5BrClF7/c10-5-1-4(2-6(11)3-5)7(12,8(13,14)15)9(16,17)18/h2-3,6H,1H2. The molecule has 0 bridgehead atoms. The number of alkyl halides is 8. The average Bonchev–Trinajstić information content (AvgIpc) is 2.11. The van der Waals surface area contributed by atoms with Gasteiger partial charge in [-0.3, -0.25) is 0 Å². The highest BCUT2D eigenvalue weighted by molar-refractivity contribution is 9.11. The minimum Gasteiger partial charge on any atom is -0.219 e. The van der Waals surface area contributed by atoms with Gasteiger partial charge < -0.3 is 0 Å². The van der Waals surface area contributed by atoms with E-state index >= 15 is 0 Å². The molecule has 1 unspecified atom stereocenters. The molecular formula is C9H5BrClF7. The second-order valence-electron chi connectivity index (χ2n) is 3.58. The molecule has 0 spiro atoms. The fraction of sp³-hybridized carbons (Fsp3) is 0.556. The second kappa shape index (κ2) is 4.70. The van der Waals surface area contributed by atoms with Gasteiger partial charge >= 0.3 is 18.0 Å². The molecule has 0 saturated heterocycles. The zero-order valence-electron chi connectivity index (χ0n) is 8.34. The Labute approximate surface area is 111 Å². The summed E-state index contributed by atoms with van der Waals surface area (Å²) in [6, 6.07) is 0. The van der Waals surface area contributed by atoms with Gasteiger partial charge in [-0.25, -0.2) is 4.39 Å². The lowest BCUT2D eigenvalue weighted by molar-refractivity contribution is -0.326. The molecule has 0 N–H and O–H groups in total. The average molecular weight is 361 g/mol. The van der Waals surface area contributed by atoms with Crippen LogP contribution in [-0.4, -0.2) is 23.4 Å². The number of allylic oxidation sites excluding steroid dienone is 4. The van der Waals surface area contributed by atoms with Crippen LogP contribution in [0.2, 0.25) is 0 Å². The smallest absolute Gasteiger partial charge is 0.219 e. The first-order chi connectivity index (χ1) is 7.89. The van der Waals surface area contributed by atoms with Crippen LogP contribution in [0.3, 0.4) is 0 Å². The fourth-order valence-electron chi connectivity index (χ4n) is 1.47. The molecule has 0 radical (unpaired) electrons. The van der Waals surface area contributed by atoms with Crippen LogP contribution in [-0.2, 0) is 0 Å². The summed E-state index contributed by atoms with van der Waals surface area (Å²) in [5.74, 6) is 0. The van der Waals surface area contributed by atoms with Crippen LogP contribution < -0.4 is 0 Å². The second-order valence-corrected chi connectivity index (χ2v) is 5.10. The summed E-state index contributed by atoms with van der Waals surface area (Å²) in [5.41, 5.74) is -6.85. The summed E-state index contributed by atoms with van der Waals surface area (Å²) < 4.78 is 88.1. The van der Waals surface area contributed by atoms with Gasteiger partial charge in [-0.1, -0.05) is 28.1 Å². The maximum atomic E-state index is 13.6. The molecule has 0 amide bonds. The first-order valence-corrected chi connectivity index (χ1v) is 5.66. The lowest BCUT2D eigenvalue weighted by atomic mass is 9.88. The van der Waals surface area contributed by atoms with E-state index in [1.54, 1.807) is 0 Å². The molecule has 0 heterocycles. The van der Waals surface area contributed by atoms with Gasteiger partial charge in [-0.05, 0) is 10.1 Å². The third kappa shape index (κ3) is 2.68. The molecule has 0 saturated carbocycles. The van der Waals surface area contributed by atoms with E-state index < -0.39 is 35.4 Å². The Morgan fingerprint density at radius 2 is 1.44 bits per heavy atom. The summed E-state index contributed by atoms with van der Waals surface area (Å²) in [6.45, 7) is 0. The molecule has 104 valence electrons. The van der Waals surface area contributed by atoms with Crippen LogP contribution in [0.25, 0.3) is 0 Å². The monoisotopic (exact) mass is 360 g/mol. The SMILES string of the molecule is FC(F)(F)C(F)(C1=CC(Cl)C=C(Br)C1)C(F)(F)F. The molecule has 0 aromatic carbocycles. The van der Waals surface area contributed by atoms with Gasteiger partial charge in [0.1, 0.15) is 0 Å². The van der Waals surface area contributed by atoms with Gasteiger partial charge in [0, 0.05) is 6.42 Å². The van der Waals surface area contributed by atoms with Crippen molar-refractivity contribution in [1.82, 2.24) is 0 Å². The quantitative estimate of drug-likeness (QED) is 0.349. The van der Waals surface area contributed by atoms with E-state index in [1.165, 1.54) is 6.08 Å². The maximum absolute atomic E-state index is 13.6. The zero-order valence-corrected chi connectivity index (χ0v) is 10.7. The minimum absolute atomic E-state index is 0.0319. The Kier molecular flexibility index (Phi) is 4.13. The maximum Gasteiger partial charge on any atom is 0.435 e. The topological polar surface area (TPSA) is 0 Å². The van der Waals surface area contributed by atoms with Gasteiger partial charge in [0.05, 0.1) is 5.38 Å². The minimum atomic E-state index is -6.10. The van der Waals surface area contributed by atoms with Gasteiger partial charge in [0.25, 0.3) is 0 Å². The Morgan fingerprint density at radius 1 is 1.00 bits per heavy atom. The van der Waals surface area contributed by atoms with E-state index in [0.29, 0.717) is 6.08 Å². The Morgan fingerprint density at radius 3 is 1.78 bits per heavy atom. The molecule has 0 aromatic heterocycles. The zero-order chi connectivity index (χ0) is 14.4. The fourth-order valence-corrected chi connectivity index (χ4v) is 2.52. The Hall–Kier alpha value is -0.240. The van der Waals surface area contributed by atoms with E-state index in [1.807, 2.05) is 0 Å². The molecule has 1 aliphatic rings. The van der Waals surface area contributed by atoms with E-state index in [0.717, 1.165) is 0 Å². The normalized spacial score (nSPS) is 22.6. The molecule has 1 rings (SSSR count). The number of halogens is 9. The van der Waals surface area contributed by atoms with Crippen LogP contribution in [0.4, 0.5) is 30.7 Å². The van der Waals surface area contributed by atoms with E-state index in [4.69, 9.17) is 11.6 Å². The van der Waals surface area contributed by atoms with Gasteiger partial charge in [-0.15, -0.1) is 11.6 Å². The van der Waals surface area contributed by atoms with Crippen molar-refractivity contribution in [2.45, 2.75) is 29.8 Å². The lowest BCUT2D eigenvalue weighted by Gasteiger charge is -2.33. The van der Waals surface area contributed by atoms with Crippen molar-refractivity contribution in [3.05, 3.63) is 22.2 Å². The molecule has 0 nitrogen and oxygen atoms in total. The van der Waals surface area contributed by atoms with E-state index in [2.05, 4.69) is 15.9 Å². The summed E-state index contributed by atoms with van der Waals surface area (Å²) in [4.78, 5) is 0. The van der Waals surface area contributed by atoms with Gasteiger partial charge in [0.2, 0.25) is 0 Å². The highest BCUT2D eigenvalue weighted by atomic mass is 79.9. The summed E-state index contributed by atoms with van der Waals surface area (Å²) in [7, 11) is 0. The first kappa shape index (κ1) is 15.8. The number of hydrogen-bond donors (Lipinski definition) is 0. The van der Waals surface area contributed by atoms with Crippen molar-refractivity contribution in [3.8, 4) is 0 Å². The molecule has 18 heavy (non-hydrogen) atoms. The van der Waals surface area contributed by atoms with Crippen LogP contribution >= 0.6 is 27.5 Å². The lowest BCUT2D eigenvalue weighted by Crippen LogP contribution is -2.55. The van der Waals surface area contributed by atoms with Crippen molar-refractivity contribution in [2.24, 2.45) is 0 Å². The Balaban J connectivity index is 3.32. The Bertz CT molecular complexity index is 379. The molecule has 1 aliphatic carbocycles. The third-order valence-corrected chi connectivity index (χ3v) is 3.08. The molecule has 0 fully saturated rings. The largest absolute Gasteiger partial charge is 0.435 e. The van der Waals surface area contributed by atoms with Crippen molar-refractivity contribution in [3.63, 3.8) is 0 Å². The van der Waals surface area contributed by atoms with Gasteiger partial charge in [-0.2, -0.15) is 26.3 Å². The molecule has 0 aliphatic heterocycles. The van der Waals surface area contributed by atoms with Crippen LogP contribution in [0.5, 0.6) is 0 Å². The number of rotatable bonds is 1. The summed E-state index contributed by atoms with van der Waals surface area (Å²) in [6.07, 6.45) is -11.4. The third-order valence-electron chi connectivity index (χ3n) is 2.28. The summed E-state index contributed by atoms with van der Waals surface area (Å²) >= 11 is 8.16. The predicted molar refractivity (Wildman–Crippen MR) is 55.3 cm³/mol.